The summed E-state index contributed by atoms with van der Waals surface area (Å²) in [6.45, 7) is 7.85. The van der Waals surface area contributed by atoms with Crippen molar-refractivity contribution in [1.82, 2.24) is 0 Å². The normalized spacial score (nSPS) is 14.3. The predicted octanol–water partition coefficient (Wildman–Crippen LogP) is 4.36. The number of nitrogens with zero attached hydrogens (tertiary/aromatic N) is 1. The average Bonchev–Trinajstić information content (AvgIpc) is 2.01. The summed E-state index contributed by atoms with van der Waals surface area (Å²) in [5, 5.41) is 8.83. The van der Waals surface area contributed by atoms with E-state index in [2.05, 4.69) is 6.58 Å². The van der Waals surface area contributed by atoms with Crippen molar-refractivity contribution in [3.8, 4) is 6.07 Å². The van der Waals surface area contributed by atoms with Crippen LogP contribution < -0.4 is 0 Å². The molecule has 0 aliphatic rings. The third-order valence-electron chi connectivity index (χ3n) is 1.80. The van der Waals surface area contributed by atoms with Crippen molar-refractivity contribution < 1.29 is 13.2 Å². The Morgan fingerprint density at radius 1 is 1.33 bits per heavy atom. The monoisotopic (exact) mass is 329 g/mol. The Bertz CT molecular complexity index is 345. The molecule has 5 heteroatoms. The highest BCUT2D eigenvalue weighted by Gasteiger charge is 2.39. The smallest absolute Gasteiger partial charge is 0.197 e. The van der Waals surface area contributed by atoms with Gasteiger partial charge in [-0.15, -0.1) is 0 Å². The van der Waals surface area contributed by atoms with Crippen molar-refractivity contribution >= 4 is 22.6 Å². The van der Waals surface area contributed by atoms with Crippen LogP contribution in [0.1, 0.15) is 20.8 Å². The van der Waals surface area contributed by atoms with Gasteiger partial charge in [0, 0.05) is 0 Å². The average molecular weight is 329 g/mol. The molecule has 84 valence electrons. The summed E-state index contributed by atoms with van der Waals surface area (Å²) in [6.07, 6.45) is -4.43. The standard InChI is InChI=1S/C10H11F3IN/c1-6(2)7(9(3,4)5-15)8(14)10(11,12)13/h1H2,2-4H3/b8-7+. The van der Waals surface area contributed by atoms with Crippen LogP contribution in [0.25, 0.3) is 0 Å². The molecule has 0 spiro atoms. The Labute approximate surface area is 101 Å². The number of hydrogen-bond donors (Lipinski definition) is 0. The van der Waals surface area contributed by atoms with Crippen LogP contribution in [0.2, 0.25) is 0 Å². The van der Waals surface area contributed by atoms with Crippen LogP contribution in [0.3, 0.4) is 0 Å². The highest BCUT2D eigenvalue weighted by atomic mass is 127. The molecular weight excluding hydrogens is 318 g/mol. The molecule has 0 aliphatic carbocycles. The Morgan fingerprint density at radius 3 is 1.93 bits per heavy atom. The third-order valence-corrected chi connectivity index (χ3v) is 2.95. The zero-order chi connectivity index (χ0) is 12.4. The van der Waals surface area contributed by atoms with Gasteiger partial charge in [-0.2, -0.15) is 18.4 Å². The predicted molar refractivity (Wildman–Crippen MR) is 61.3 cm³/mol. The van der Waals surface area contributed by atoms with Gasteiger partial charge in [0.05, 0.1) is 15.1 Å². The van der Waals surface area contributed by atoms with Crippen LogP contribution in [0.5, 0.6) is 0 Å². The van der Waals surface area contributed by atoms with Gasteiger partial charge < -0.3 is 0 Å². The summed E-state index contributed by atoms with van der Waals surface area (Å²) >= 11 is 1.22. The van der Waals surface area contributed by atoms with E-state index in [1.165, 1.54) is 43.4 Å². The van der Waals surface area contributed by atoms with E-state index in [-0.39, 0.29) is 11.1 Å². The van der Waals surface area contributed by atoms with Gasteiger partial charge in [-0.05, 0) is 48.9 Å². The third kappa shape index (κ3) is 3.52. The van der Waals surface area contributed by atoms with Crippen LogP contribution in [0.4, 0.5) is 13.2 Å². The maximum Gasteiger partial charge on any atom is 0.422 e. The molecule has 15 heavy (non-hydrogen) atoms. The molecule has 0 atom stereocenters. The molecule has 0 rings (SSSR count). The van der Waals surface area contributed by atoms with Gasteiger partial charge in [-0.1, -0.05) is 12.2 Å². The molecule has 0 radical (unpaired) electrons. The van der Waals surface area contributed by atoms with Crippen molar-refractivity contribution in [2.75, 3.05) is 0 Å². The number of hydrogen-bond acceptors (Lipinski definition) is 1. The first-order valence-corrected chi connectivity index (χ1v) is 5.16. The minimum absolute atomic E-state index is 0.0434. The van der Waals surface area contributed by atoms with Crippen LogP contribution in [-0.4, -0.2) is 6.18 Å². The van der Waals surface area contributed by atoms with E-state index in [1.807, 2.05) is 6.07 Å². The van der Waals surface area contributed by atoms with Crippen molar-refractivity contribution in [1.29, 1.82) is 5.26 Å². The fourth-order valence-corrected chi connectivity index (χ4v) is 2.33. The Kier molecular flexibility index (Phi) is 4.40. The molecule has 0 fully saturated rings. The fraction of sp³-hybridized carbons (Fsp3) is 0.500. The summed E-state index contributed by atoms with van der Waals surface area (Å²) in [7, 11) is 0. The molecular formula is C10H11F3IN. The molecule has 0 amide bonds. The van der Waals surface area contributed by atoms with Crippen LogP contribution >= 0.6 is 22.6 Å². The number of rotatable bonds is 2. The zero-order valence-electron chi connectivity index (χ0n) is 8.67. The summed E-state index contributed by atoms with van der Waals surface area (Å²) in [5.74, 6) is 0. The Morgan fingerprint density at radius 2 is 1.73 bits per heavy atom. The molecule has 0 aromatic carbocycles. The second-order valence-corrected chi connectivity index (χ2v) is 4.78. The lowest BCUT2D eigenvalue weighted by atomic mass is 9.82. The quantitative estimate of drug-likeness (QED) is 0.545. The molecule has 0 saturated carbocycles. The first-order valence-electron chi connectivity index (χ1n) is 4.08. The second kappa shape index (κ2) is 4.56. The number of allylic oxidation sites excluding steroid dienone is 3. The molecule has 0 unspecified atom stereocenters. The summed E-state index contributed by atoms with van der Waals surface area (Å²) < 4.78 is 36.8. The van der Waals surface area contributed by atoms with Gasteiger partial charge >= 0.3 is 6.18 Å². The van der Waals surface area contributed by atoms with Gasteiger partial charge in [-0.3, -0.25) is 0 Å². The largest absolute Gasteiger partial charge is 0.422 e. The van der Waals surface area contributed by atoms with E-state index in [0.29, 0.717) is 0 Å². The summed E-state index contributed by atoms with van der Waals surface area (Å²) in [4.78, 5) is 0. The number of alkyl halides is 3. The minimum atomic E-state index is -4.43. The lowest BCUT2D eigenvalue weighted by molar-refractivity contribution is -0.0828. The SMILES string of the molecule is C=C(C)/C(=C(\I)C(F)(F)F)C(C)(C)C#N. The van der Waals surface area contributed by atoms with Gasteiger partial charge in [0.25, 0.3) is 0 Å². The second-order valence-electron chi connectivity index (χ2n) is 3.70. The fourth-order valence-electron chi connectivity index (χ4n) is 1.19. The molecule has 0 aliphatic heterocycles. The highest BCUT2D eigenvalue weighted by molar-refractivity contribution is 14.1. The van der Waals surface area contributed by atoms with Crippen molar-refractivity contribution in [2.24, 2.45) is 5.41 Å². The molecule has 1 nitrogen and oxygen atoms in total. The van der Waals surface area contributed by atoms with E-state index < -0.39 is 15.2 Å². The van der Waals surface area contributed by atoms with Crippen molar-refractivity contribution in [3.63, 3.8) is 0 Å². The lowest BCUT2D eigenvalue weighted by Gasteiger charge is -2.23. The van der Waals surface area contributed by atoms with Gasteiger partial charge in [0.2, 0.25) is 0 Å². The summed E-state index contributed by atoms with van der Waals surface area (Å²) in [5.41, 5.74) is -0.959. The number of nitriles is 1. The van der Waals surface area contributed by atoms with E-state index in [0.717, 1.165) is 0 Å². The van der Waals surface area contributed by atoms with Crippen molar-refractivity contribution in [2.45, 2.75) is 26.9 Å². The van der Waals surface area contributed by atoms with Crippen LogP contribution in [0.15, 0.2) is 21.3 Å². The molecule has 0 aromatic rings. The zero-order valence-corrected chi connectivity index (χ0v) is 10.8. The van der Waals surface area contributed by atoms with Crippen LogP contribution in [-0.2, 0) is 0 Å². The Balaban J connectivity index is 5.76. The van der Waals surface area contributed by atoms with Gasteiger partial charge in [0.15, 0.2) is 0 Å². The summed E-state index contributed by atoms with van der Waals surface area (Å²) in [6, 6.07) is 1.85. The van der Waals surface area contributed by atoms with Crippen molar-refractivity contribution in [3.05, 3.63) is 21.3 Å². The molecule has 0 saturated heterocycles. The first-order chi connectivity index (χ1) is 6.54. The van der Waals surface area contributed by atoms with Crippen LogP contribution in [0, 0.1) is 16.7 Å². The van der Waals surface area contributed by atoms with Gasteiger partial charge in [0.1, 0.15) is 0 Å². The molecule has 0 bridgehead atoms. The minimum Gasteiger partial charge on any atom is -0.197 e. The maximum absolute atomic E-state index is 12.5. The molecule has 0 N–H and O–H groups in total. The lowest BCUT2D eigenvalue weighted by Crippen LogP contribution is -2.19. The van der Waals surface area contributed by atoms with E-state index in [9.17, 15) is 13.2 Å². The van der Waals surface area contributed by atoms with Gasteiger partial charge in [-0.25, -0.2) is 0 Å². The highest BCUT2D eigenvalue weighted by Crippen LogP contribution is 2.42. The topological polar surface area (TPSA) is 23.8 Å². The number of halogens is 4. The van der Waals surface area contributed by atoms with E-state index in [1.54, 1.807) is 0 Å². The van der Waals surface area contributed by atoms with E-state index in [4.69, 9.17) is 5.26 Å². The molecule has 0 heterocycles. The maximum atomic E-state index is 12.5. The van der Waals surface area contributed by atoms with E-state index >= 15 is 0 Å². The Hall–Kier alpha value is -0.510. The molecule has 0 aromatic heterocycles. The first kappa shape index (κ1) is 14.5.